The molecule has 0 saturated heterocycles. The summed E-state index contributed by atoms with van der Waals surface area (Å²) in [6, 6.07) is 0. The van der Waals surface area contributed by atoms with Crippen LogP contribution < -0.4 is 5.32 Å². The van der Waals surface area contributed by atoms with Crippen LogP contribution in [0.2, 0.25) is 0 Å². The number of rotatable bonds is 7. The molecule has 1 N–H and O–H groups in total. The zero-order valence-corrected chi connectivity index (χ0v) is 9.84. The largest absolute Gasteiger partial charge is 0.349 e. The van der Waals surface area contributed by atoms with Gasteiger partial charge in [0.2, 0.25) is 5.91 Å². The lowest BCUT2D eigenvalue weighted by atomic mass is 10.3. The molecule has 0 aromatic carbocycles. The third-order valence-electron chi connectivity index (χ3n) is 1.97. The van der Waals surface area contributed by atoms with Crippen LogP contribution in [-0.4, -0.2) is 63.5 Å². The molecule has 0 aliphatic carbocycles. The molecule has 0 aromatic rings. The molecule has 0 rings (SSSR count). The second-order valence-electron chi connectivity index (χ2n) is 3.94. The number of carbonyl (C=O) groups is 1. The van der Waals surface area contributed by atoms with Crippen molar-refractivity contribution >= 4 is 5.91 Å². The van der Waals surface area contributed by atoms with Crippen LogP contribution in [0.25, 0.3) is 0 Å². The first-order valence-electron chi connectivity index (χ1n) is 5.09. The molecule has 0 heterocycles. The number of carbonyl (C=O) groups excluding carboxylic acids is 1. The lowest BCUT2D eigenvalue weighted by molar-refractivity contribution is -0.128. The highest BCUT2D eigenvalue weighted by Gasteiger charge is 2.01. The second kappa shape index (κ2) is 7.76. The van der Waals surface area contributed by atoms with Crippen LogP contribution in [0, 0.1) is 0 Å². The molecule has 0 spiro atoms. The summed E-state index contributed by atoms with van der Waals surface area (Å²) in [6.45, 7) is 2.86. The SMILES string of the molecule is CN(C)CCCNCCC(=O)N(C)C. The third-order valence-corrected chi connectivity index (χ3v) is 1.97. The summed E-state index contributed by atoms with van der Waals surface area (Å²) >= 11 is 0. The Bertz CT molecular complexity index is 157. The molecular weight excluding hydrogens is 178 g/mol. The summed E-state index contributed by atoms with van der Waals surface area (Å²) < 4.78 is 0. The van der Waals surface area contributed by atoms with E-state index in [-0.39, 0.29) is 5.91 Å². The molecule has 0 saturated carbocycles. The fraction of sp³-hybridized carbons (Fsp3) is 0.900. The second-order valence-corrected chi connectivity index (χ2v) is 3.94. The minimum absolute atomic E-state index is 0.185. The Morgan fingerprint density at radius 2 is 1.79 bits per heavy atom. The Morgan fingerprint density at radius 1 is 1.14 bits per heavy atom. The quantitative estimate of drug-likeness (QED) is 0.589. The van der Waals surface area contributed by atoms with Gasteiger partial charge in [-0.05, 0) is 33.6 Å². The van der Waals surface area contributed by atoms with Crippen LogP contribution >= 0.6 is 0 Å². The van der Waals surface area contributed by atoms with E-state index in [2.05, 4.69) is 24.3 Å². The van der Waals surface area contributed by atoms with E-state index in [1.165, 1.54) is 0 Å². The monoisotopic (exact) mass is 201 g/mol. The molecule has 14 heavy (non-hydrogen) atoms. The topological polar surface area (TPSA) is 35.6 Å². The van der Waals surface area contributed by atoms with E-state index in [1.807, 2.05) is 0 Å². The van der Waals surface area contributed by atoms with Gasteiger partial charge >= 0.3 is 0 Å². The molecule has 0 bridgehead atoms. The Hall–Kier alpha value is -0.610. The molecule has 0 aliphatic heterocycles. The van der Waals surface area contributed by atoms with Crippen LogP contribution in [-0.2, 0) is 4.79 Å². The Labute approximate surface area is 87.3 Å². The Kier molecular flexibility index (Phi) is 7.42. The highest BCUT2D eigenvalue weighted by Crippen LogP contribution is 1.86. The Balaban J connectivity index is 3.18. The van der Waals surface area contributed by atoms with Crippen LogP contribution in [0.1, 0.15) is 12.8 Å². The first-order chi connectivity index (χ1) is 6.54. The van der Waals surface area contributed by atoms with Gasteiger partial charge in [-0.2, -0.15) is 0 Å². The summed E-state index contributed by atoms with van der Waals surface area (Å²) in [4.78, 5) is 14.9. The average Bonchev–Trinajstić information content (AvgIpc) is 2.09. The number of hydrogen-bond acceptors (Lipinski definition) is 3. The van der Waals surface area contributed by atoms with Gasteiger partial charge in [-0.15, -0.1) is 0 Å². The van der Waals surface area contributed by atoms with E-state index in [1.54, 1.807) is 19.0 Å². The zero-order chi connectivity index (χ0) is 11.0. The molecule has 0 atom stereocenters. The van der Waals surface area contributed by atoms with Gasteiger partial charge in [-0.25, -0.2) is 0 Å². The number of nitrogens with zero attached hydrogens (tertiary/aromatic N) is 2. The molecule has 0 fully saturated rings. The van der Waals surface area contributed by atoms with E-state index in [0.29, 0.717) is 6.42 Å². The summed E-state index contributed by atoms with van der Waals surface area (Å²) in [5.41, 5.74) is 0. The normalized spacial score (nSPS) is 10.6. The van der Waals surface area contributed by atoms with Crippen molar-refractivity contribution in [3.05, 3.63) is 0 Å². The smallest absolute Gasteiger partial charge is 0.223 e. The van der Waals surface area contributed by atoms with E-state index in [9.17, 15) is 4.79 Å². The number of amides is 1. The summed E-state index contributed by atoms with van der Waals surface area (Å²) in [6.07, 6.45) is 1.72. The van der Waals surface area contributed by atoms with Crippen molar-refractivity contribution in [1.29, 1.82) is 0 Å². The van der Waals surface area contributed by atoms with Gasteiger partial charge in [-0.3, -0.25) is 4.79 Å². The molecule has 0 aromatic heterocycles. The minimum atomic E-state index is 0.185. The van der Waals surface area contributed by atoms with E-state index >= 15 is 0 Å². The van der Waals surface area contributed by atoms with Gasteiger partial charge in [0.25, 0.3) is 0 Å². The van der Waals surface area contributed by atoms with Crippen molar-refractivity contribution in [1.82, 2.24) is 15.1 Å². The standard InChI is InChI=1S/C10H23N3O/c1-12(2)9-5-7-11-8-6-10(14)13(3)4/h11H,5-9H2,1-4H3. The maximum absolute atomic E-state index is 11.2. The molecule has 0 radical (unpaired) electrons. The molecule has 4 heteroatoms. The number of hydrogen-bond donors (Lipinski definition) is 1. The van der Waals surface area contributed by atoms with Crippen molar-refractivity contribution < 1.29 is 4.79 Å². The van der Waals surface area contributed by atoms with E-state index in [0.717, 1.165) is 26.1 Å². The van der Waals surface area contributed by atoms with Gasteiger partial charge in [0.05, 0.1) is 0 Å². The lowest BCUT2D eigenvalue weighted by Crippen LogP contribution is -2.28. The first kappa shape index (κ1) is 13.4. The summed E-state index contributed by atoms with van der Waals surface area (Å²) in [5.74, 6) is 0.185. The lowest BCUT2D eigenvalue weighted by Gasteiger charge is -2.11. The van der Waals surface area contributed by atoms with Gasteiger partial charge in [-0.1, -0.05) is 0 Å². The Morgan fingerprint density at radius 3 is 2.29 bits per heavy atom. The van der Waals surface area contributed by atoms with Crippen LogP contribution in [0.3, 0.4) is 0 Å². The van der Waals surface area contributed by atoms with Crippen molar-refractivity contribution in [3.8, 4) is 0 Å². The van der Waals surface area contributed by atoms with E-state index < -0.39 is 0 Å². The third kappa shape index (κ3) is 8.01. The van der Waals surface area contributed by atoms with Crippen molar-refractivity contribution in [2.45, 2.75) is 12.8 Å². The summed E-state index contributed by atoms with van der Waals surface area (Å²) in [7, 11) is 7.70. The van der Waals surface area contributed by atoms with Crippen LogP contribution in [0.4, 0.5) is 0 Å². The number of nitrogens with one attached hydrogen (secondary N) is 1. The highest BCUT2D eigenvalue weighted by molar-refractivity contribution is 5.75. The van der Waals surface area contributed by atoms with Gasteiger partial charge < -0.3 is 15.1 Å². The maximum atomic E-state index is 11.2. The zero-order valence-electron chi connectivity index (χ0n) is 9.84. The average molecular weight is 201 g/mol. The fourth-order valence-corrected chi connectivity index (χ4v) is 1.06. The van der Waals surface area contributed by atoms with Crippen molar-refractivity contribution in [3.63, 3.8) is 0 Å². The van der Waals surface area contributed by atoms with E-state index in [4.69, 9.17) is 0 Å². The molecule has 0 aliphatic rings. The molecule has 4 nitrogen and oxygen atoms in total. The van der Waals surface area contributed by atoms with Gasteiger partial charge in [0.15, 0.2) is 0 Å². The molecule has 84 valence electrons. The predicted octanol–water partition coefficient (Wildman–Crippen LogP) is 0.00600. The minimum Gasteiger partial charge on any atom is -0.349 e. The van der Waals surface area contributed by atoms with Crippen LogP contribution in [0.5, 0.6) is 0 Å². The summed E-state index contributed by atoms with van der Waals surface area (Å²) in [5, 5.41) is 3.25. The van der Waals surface area contributed by atoms with Crippen LogP contribution in [0.15, 0.2) is 0 Å². The maximum Gasteiger partial charge on any atom is 0.223 e. The molecule has 1 amide bonds. The van der Waals surface area contributed by atoms with Gasteiger partial charge in [0.1, 0.15) is 0 Å². The predicted molar refractivity (Wildman–Crippen MR) is 59.4 cm³/mol. The van der Waals surface area contributed by atoms with Crippen molar-refractivity contribution in [2.75, 3.05) is 47.8 Å². The molecule has 0 unspecified atom stereocenters. The van der Waals surface area contributed by atoms with Gasteiger partial charge in [0, 0.05) is 27.1 Å². The molecular formula is C10H23N3O. The van der Waals surface area contributed by atoms with Crippen molar-refractivity contribution in [2.24, 2.45) is 0 Å². The fourth-order valence-electron chi connectivity index (χ4n) is 1.06. The highest BCUT2D eigenvalue weighted by atomic mass is 16.2. The first-order valence-corrected chi connectivity index (χ1v) is 5.09.